The van der Waals surface area contributed by atoms with Crippen LogP contribution in [-0.4, -0.2) is 34.2 Å². The first-order chi connectivity index (χ1) is 14.1. The first kappa shape index (κ1) is 21.5. The number of esters is 1. The summed E-state index contributed by atoms with van der Waals surface area (Å²) >= 11 is 4.15. The van der Waals surface area contributed by atoms with Crippen molar-refractivity contribution in [3.8, 4) is 11.3 Å². The van der Waals surface area contributed by atoms with Crippen molar-refractivity contribution in [1.29, 1.82) is 0 Å². The summed E-state index contributed by atoms with van der Waals surface area (Å²) in [5, 5.41) is 7.16. The maximum Gasteiger partial charge on any atom is 0.311 e. The topological polar surface area (TPSA) is 81.2 Å². The summed E-state index contributed by atoms with van der Waals surface area (Å²) in [5.41, 5.74) is 3.83. The number of thiazole rings is 2. The van der Waals surface area contributed by atoms with Crippen LogP contribution in [0, 0.1) is 0 Å². The first-order valence-corrected chi connectivity index (χ1v) is 11.9. The summed E-state index contributed by atoms with van der Waals surface area (Å²) in [7, 11) is 0. The van der Waals surface area contributed by atoms with Crippen molar-refractivity contribution in [1.82, 2.24) is 9.97 Å². The zero-order valence-corrected chi connectivity index (χ0v) is 18.6. The molecule has 1 N–H and O–H groups in total. The molecular formula is C20H21N3O3S3. The summed E-state index contributed by atoms with van der Waals surface area (Å²) in [5.74, 6) is -0.206. The third-order valence-electron chi connectivity index (χ3n) is 3.90. The maximum absolute atomic E-state index is 12.2. The lowest BCUT2D eigenvalue weighted by molar-refractivity contribution is -0.142. The number of benzene rings is 1. The van der Waals surface area contributed by atoms with E-state index in [9.17, 15) is 9.59 Å². The Morgan fingerprint density at radius 2 is 1.90 bits per heavy atom. The van der Waals surface area contributed by atoms with Gasteiger partial charge in [0.15, 0.2) is 9.47 Å². The maximum atomic E-state index is 12.2. The molecule has 0 radical (unpaired) electrons. The fraction of sp³-hybridized carbons (Fsp3) is 0.300. The van der Waals surface area contributed by atoms with E-state index >= 15 is 0 Å². The van der Waals surface area contributed by atoms with Gasteiger partial charge in [0.25, 0.3) is 0 Å². The standard InChI is InChI=1S/C20H21N3O3S3/c1-3-13-5-7-14(8-6-13)16-11-27-19(22-16)23-17(24)12-29-20-21-15(10-28-20)9-18(25)26-4-2/h5-8,10-11H,3-4,9,12H2,1-2H3,(H,22,23,24). The molecule has 2 aromatic heterocycles. The fourth-order valence-electron chi connectivity index (χ4n) is 2.45. The fourth-order valence-corrected chi connectivity index (χ4v) is 4.83. The molecule has 3 rings (SSSR count). The van der Waals surface area contributed by atoms with Gasteiger partial charge in [0.2, 0.25) is 5.91 Å². The Balaban J connectivity index is 1.49. The molecule has 1 aromatic carbocycles. The van der Waals surface area contributed by atoms with Crippen LogP contribution in [0.25, 0.3) is 11.3 Å². The zero-order valence-electron chi connectivity index (χ0n) is 16.1. The molecule has 0 aliphatic rings. The number of rotatable bonds is 9. The van der Waals surface area contributed by atoms with Gasteiger partial charge in [-0.1, -0.05) is 43.0 Å². The molecule has 2 heterocycles. The first-order valence-electron chi connectivity index (χ1n) is 9.15. The third kappa shape index (κ3) is 6.38. The molecule has 0 atom stereocenters. The van der Waals surface area contributed by atoms with Crippen molar-refractivity contribution in [3.63, 3.8) is 0 Å². The van der Waals surface area contributed by atoms with Gasteiger partial charge in [0.1, 0.15) is 0 Å². The zero-order chi connectivity index (χ0) is 20.6. The predicted molar refractivity (Wildman–Crippen MR) is 119 cm³/mol. The molecular weight excluding hydrogens is 426 g/mol. The molecule has 0 saturated carbocycles. The number of carbonyl (C=O) groups is 2. The largest absolute Gasteiger partial charge is 0.466 e. The average molecular weight is 448 g/mol. The van der Waals surface area contributed by atoms with Crippen LogP contribution in [0.1, 0.15) is 25.1 Å². The highest BCUT2D eigenvalue weighted by Crippen LogP contribution is 2.26. The predicted octanol–water partition coefficient (Wildman–Crippen LogP) is 4.67. The monoisotopic (exact) mass is 447 g/mol. The smallest absolute Gasteiger partial charge is 0.311 e. The number of nitrogens with zero attached hydrogens (tertiary/aromatic N) is 2. The molecule has 0 spiro atoms. The van der Waals surface area contributed by atoms with Crippen LogP contribution in [0.15, 0.2) is 39.4 Å². The number of amides is 1. The summed E-state index contributed by atoms with van der Waals surface area (Å²) in [6.45, 7) is 4.25. The number of anilines is 1. The van der Waals surface area contributed by atoms with Gasteiger partial charge in [0.05, 0.1) is 30.2 Å². The van der Waals surface area contributed by atoms with Gasteiger partial charge in [-0.25, -0.2) is 9.97 Å². The highest BCUT2D eigenvalue weighted by atomic mass is 32.2. The number of thioether (sulfide) groups is 1. The molecule has 152 valence electrons. The lowest BCUT2D eigenvalue weighted by Gasteiger charge is -2.01. The highest BCUT2D eigenvalue weighted by Gasteiger charge is 2.12. The molecule has 0 saturated heterocycles. The third-order valence-corrected chi connectivity index (χ3v) is 6.72. The van der Waals surface area contributed by atoms with Gasteiger partial charge in [0, 0.05) is 16.3 Å². The van der Waals surface area contributed by atoms with Gasteiger partial charge in [-0.2, -0.15) is 0 Å². The van der Waals surface area contributed by atoms with Gasteiger partial charge in [-0.15, -0.1) is 22.7 Å². The number of nitrogens with one attached hydrogen (secondary N) is 1. The molecule has 6 nitrogen and oxygen atoms in total. The van der Waals surface area contributed by atoms with Crippen LogP contribution in [0.5, 0.6) is 0 Å². The molecule has 1 amide bonds. The van der Waals surface area contributed by atoms with E-state index in [4.69, 9.17) is 4.74 Å². The van der Waals surface area contributed by atoms with Crippen molar-refractivity contribution in [2.45, 2.75) is 31.0 Å². The van der Waals surface area contributed by atoms with Crippen LogP contribution >= 0.6 is 34.4 Å². The van der Waals surface area contributed by atoms with E-state index in [0.29, 0.717) is 17.4 Å². The molecule has 0 fully saturated rings. The van der Waals surface area contributed by atoms with E-state index in [0.717, 1.165) is 22.0 Å². The molecule has 0 aliphatic carbocycles. The molecule has 9 heteroatoms. The Bertz CT molecular complexity index is 967. The van der Waals surface area contributed by atoms with Crippen molar-refractivity contribution < 1.29 is 14.3 Å². The van der Waals surface area contributed by atoms with Crippen molar-refractivity contribution in [2.24, 2.45) is 0 Å². The Labute approximate surface area is 181 Å². The number of hydrogen-bond donors (Lipinski definition) is 1. The van der Waals surface area contributed by atoms with Gasteiger partial charge >= 0.3 is 5.97 Å². The van der Waals surface area contributed by atoms with Crippen LogP contribution in [0.4, 0.5) is 5.13 Å². The number of hydrogen-bond acceptors (Lipinski definition) is 8. The summed E-state index contributed by atoms with van der Waals surface area (Å²) in [6.07, 6.45) is 1.15. The Morgan fingerprint density at radius 3 is 2.62 bits per heavy atom. The number of aromatic nitrogens is 2. The Morgan fingerprint density at radius 1 is 1.10 bits per heavy atom. The van der Waals surface area contributed by atoms with Crippen molar-refractivity contribution in [2.75, 3.05) is 17.7 Å². The normalized spacial score (nSPS) is 10.7. The van der Waals surface area contributed by atoms with Gasteiger partial charge in [-0.3, -0.25) is 9.59 Å². The van der Waals surface area contributed by atoms with E-state index in [1.165, 1.54) is 40.0 Å². The van der Waals surface area contributed by atoms with Crippen LogP contribution in [0.2, 0.25) is 0 Å². The second-order valence-corrected chi connectivity index (χ2v) is 8.95. The minimum absolute atomic E-state index is 0.139. The SMILES string of the molecule is CCOC(=O)Cc1csc(SCC(=O)Nc2nc(-c3ccc(CC)cc3)cs2)n1. The molecule has 0 aliphatic heterocycles. The number of carbonyl (C=O) groups excluding carboxylic acids is 2. The highest BCUT2D eigenvalue weighted by molar-refractivity contribution is 8.01. The minimum Gasteiger partial charge on any atom is -0.466 e. The summed E-state index contributed by atoms with van der Waals surface area (Å²) in [4.78, 5) is 32.6. The van der Waals surface area contributed by atoms with Crippen molar-refractivity contribution in [3.05, 3.63) is 46.3 Å². The van der Waals surface area contributed by atoms with E-state index in [-0.39, 0.29) is 24.1 Å². The lowest BCUT2D eigenvalue weighted by atomic mass is 10.1. The lowest BCUT2D eigenvalue weighted by Crippen LogP contribution is -2.13. The van der Waals surface area contributed by atoms with E-state index in [1.54, 1.807) is 6.92 Å². The molecule has 0 bridgehead atoms. The second-order valence-electron chi connectivity index (χ2n) is 6.01. The Kier molecular flexibility index (Phi) is 7.79. The van der Waals surface area contributed by atoms with Gasteiger partial charge < -0.3 is 10.1 Å². The second kappa shape index (κ2) is 10.5. The quantitative estimate of drug-likeness (QED) is 0.379. The van der Waals surface area contributed by atoms with Crippen LogP contribution < -0.4 is 5.32 Å². The van der Waals surface area contributed by atoms with Crippen LogP contribution in [0.3, 0.4) is 0 Å². The van der Waals surface area contributed by atoms with E-state index < -0.39 is 0 Å². The number of ether oxygens (including phenoxy) is 1. The summed E-state index contributed by atoms with van der Waals surface area (Å²) in [6, 6.07) is 8.28. The number of aryl methyl sites for hydroxylation is 1. The van der Waals surface area contributed by atoms with Gasteiger partial charge in [-0.05, 0) is 18.9 Å². The minimum atomic E-state index is -0.295. The molecule has 3 aromatic rings. The Hall–Kier alpha value is -2.23. The average Bonchev–Trinajstić information content (AvgIpc) is 3.36. The molecule has 0 unspecified atom stereocenters. The van der Waals surface area contributed by atoms with E-state index in [2.05, 4.69) is 34.3 Å². The van der Waals surface area contributed by atoms with Crippen molar-refractivity contribution >= 4 is 51.4 Å². The van der Waals surface area contributed by atoms with E-state index in [1.807, 2.05) is 22.9 Å². The molecule has 29 heavy (non-hydrogen) atoms. The van der Waals surface area contributed by atoms with Crippen LogP contribution in [-0.2, 0) is 27.2 Å². The summed E-state index contributed by atoms with van der Waals surface area (Å²) < 4.78 is 5.66.